The maximum atomic E-state index is 5.89. The quantitative estimate of drug-likeness (QED) is 0.685. The highest BCUT2D eigenvalue weighted by Crippen LogP contribution is 2.15. The first-order chi connectivity index (χ1) is 6.13. The Labute approximate surface area is 83.8 Å². The van der Waals surface area contributed by atoms with E-state index < -0.39 is 0 Å². The van der Waals surface area contributed by atoms with Crippen LogP contribution in [0.4, 0.5) is 0 Å². The van der Waals surface area contributed by atoms with Crippen LogP contribution in [0.15, 0.2) is 21.9 Å². The van der Waals surface area contributed by atoms with Gasteiger partial charge in [0.05, 0.1) is 0 Å². The van der Waals surface area contributed by atoms with Crippen molar-refractivity contribution in [3.8, 4) is 0 Å². The Morgan fingerprint density at radius 1 is 1.38 bits per heavy atom. The van der Waals surface area contributed by atoms with E-state index >= 15 is 0 Å². The molecule has 1 heterocycles. The van der Waals surface area contributed by atoms with Crippen LogP contribution in [0.1, 0.15) is 19.8 Å². The Balaban J connectivity index is 2.76. The zero-order valence-electron chi connectivity index (χ0n) is 8.21. The zero-order chi connectivity index (χ0) is 9.84. The number of amidine groups is 1. The molecule has 72 valence electrons. The second-order valence-electron chi connectivity index (χ2n) is 3.16. The van der Waals surface area contributed by atoms with Crippen molar-refractivity contribution in [2.45, 2.75) is 19.8 Å². The molecule has 0 radical (unpaired) electrons. The molecule has 0 unspecified atom stereocenters. The van der Waals surface area contributed by atoms with Crippen LogP contribution in [0.2, 0.25) is 0 Å². The zero-order valence-corrected chi connectivity index (χ0v) is 8.97. The van der Waals surface area contributed by atoms with Crippen LogP contribution in [0, 0.1) is 0 Å². The third-order valence-corrected chi connectivity index (χ3v) is 1.82. The van der Waals surface area contributed by atoms with Gasteiger partial charge in [-0.05, 0) is 6.42 Å². The molecule has 0 aromatic rings. The van der Waals surface area contributed by atoms with Crippen molar-refractivity contribution in [1.82, 2.24) is 4.90 Å². The van der Waals surface area contributed by atoms with E-state index in [1.807, 2.05) is 25.2 Å². The van der Waals surface area contributed by atoms with Gasteiger partial charge in [0, 0.05) is 26.7 Å². The van der Waals surface area contributed by atoms with Crippen molar-refractivity contribution in [3.63, 3.8) is 0 Å². The maximum Gasteiger partial charge on any atom is 0.158 e. The molecule has 1 rings (SSSR count). The van der Waals surface area contributed by atoms with Gasteiger partial charge in [-0.1, -0.05) is 18.5 Å². The van der Waals surface area contributed by atoms with E-state index in [2.05, 4.69) is 16.9 Å². The number of rotatable bonds is 3. The van der Waals surface area contributed by atoms with Gasteiger partial charge in [-0.25, -0.2) is 9.98 Å². The topological polar surface area (TPSA) is 28.0 Å². The van der Waals surface area contributed by atoms with E-state index in [4.69, 9.17) is 11.6 Å². The normalized spacial score (nSPS) is 18.9. The van der Waals surface area contributed by atoms with Crippen molar-refractivity contribution in [1.29, 1.82) is 0 Å². The Kier molecular flexibility index (Phi) is 3.48. The van der Waals surface area contributed by atoms with Gasteiger partial charge in [-0.2, -0.15) is 0 Å². The number of aliphatic imine (C=N–C) groups is 2. The SMILES string of the molecule is CCCC1=NC(=CN(C)C)C(Cl)=N1. The van der Waals surface area contributed by atoms with Gasteiger partial charge in [-0.3, -0.25) is 0 Å². The van der Waals surface area contributed by atoms with Gasteiger partial charge in [-0.15, -0.1) is 0 Å². The average Bonchev–Trinajstić information content (AvgIpc) is 2.31. The lowest BCUT2D eigenvalue weighted by molar-refractivity contribution is 0.560. The van der Waals surface area contributed by atoms with Gasteiger partial charge in [0.15, 0.2) is 5.17 Å². The van der Waals surface area contributed by atoms with E-state index in [1.165, 1.54) is 0 Å². The summed E-state index contributed by atoms with van der Waals surface area (Å²) in [7, 11) is 3.87. The Morgan fingerprint density at radius 3 is 2.62 bits per heavy atom. The summed E-state index contributed by atoms with van der Waals surface area (Å²) in [6.45, 7) is 2.10. The molecule has 4 heteroatoms. The fourth-order valence-corrected chi connectivity index (χ4v) is 1.23. The van der Waals surface area contributed by atoms with Gasteiger partial charge < -0.3 is 4.90 Å². The predicted octanol–water partition coefficient (Wildman–Crippen LogP) is 2.24. The Bertz CT molecular complexity index is 277. The highest BCUT2D eigenvalue weighted by molar-refractivity contribution is 6.71. The van der Waals surface area contributed by atoms with Crippen LogP contribution in [0.25, 0.3) is 0 Å². The first-order valence-electron chi connectivity index (χ1n) is 4.34. The third-order valence-electron chi connectivity index (χ3n) is 1.54. The summed E-state index contributed by atoms with van der Waals surface area (Å²) in [5.74, 6) is 0.834. The van der Waals surface area contributed by atoms with E-state index in [0.717, 1.165) is 24.4 Å². The molecule has 0 N–H and O–H groups in total. The maximum absolute atomic E-state index is 5.89. The summed E-state index contributed by atoms with van der Waals surface area (Å²) in [6.07, 6.45) is 3.80. The minimum absolute atomic E-state index is 0.497. The minimum Gasteiger partial charge on any atom is -0.382 e. The molecule has 13 heavy (non-hydrogen) atoms. The van der Waals surface area contributed by atoms with Gasteiger partial charge in [0.1, 0.15) is 11.5 Å². The number of allylic oxidation sites excluding steroid dienone is 1. The Morgan fingerprint density at radius 2 is 2.08 bits per heavy atom. The molecule has 0 amide bonds. The van der Waals surface area contributed by atoms with E-state index in [9.17, 15) is 0 Å². The van der Waals surface area contributed by atoms with Crippen LogP contribution in [0.5, 0.6) is 0 Å². The molecular weight excluding hydrogens is 186 g/mol. The molecule has 1 aliphatic heterocycles. The molecule has 0 aromatic heterocycles. The lowest BCUT2D eigenvalue weighted by Gasteiger charge is -2.03. The average molecular weight is 200 g/mol. The predicted molar refractivity (Wildman–Crippen MR) is 57.4 cm³/mol. The first kappa shape index (κ1) is 10.3. The number of hydrogen-bond donors (Lipinski definition) is 0. The van der Waals surface area contributed by atoms with Crippen molar-refractivity contribution in [2.75, 3.05) is 14.1 Å². The van der Waals surface area contributed by atoms with Gasteiger partial charge in [0.25, 0.3) is 0 Å². The summed E-state index contributed by atoms with van der Waals surface area (Å²) >= 11 is 5.89. The van der Waals surface area contributed by atoms with Gasteiger partial charge in [0.2, 0.25) is 0 Å². The Hall–Kier alpha value is -0.830. The summed E-state index contributed by atoms with van der Waals surface area (Å²) in [5, 5.41) is 0.497. The van der Waals surface area contributed by atoms with E-state index in [0.29, 0.717) is 5.17 Å². The fraction of sp³-hybridized carbons (Fsp3) is 0.556. The van der Waals surface area contributed by atoms with Crippen molar-refractivity contribution >= 4 is 22.6 Å². The standard InChI is InChI=1S/C9H14ClN3/c1-4-5-8-11-7(6-13(2)3)9(10)12-8/h6H,4-5H2,1-3H3. The first-order valence-corrected chi connectivity index (χ1v) is 4.71. The minimum atomic E-state index is 0.497. The van der Waals surface area contributed by atoms with Crippen molar-refractivity contribution in [2.24, 2.45) is 9.98 Å². The second-order valence-corrected chi connectivity index (χ2v) is 3.52. The van der Waals surface area contributed by atoms with Crippen molar-refractivity contribution < 1.29 is 0 Å². The smallest absolute Gasteiger partial charge is 0.158 e. The summed E-state index contributed by atoms with van der Waals surface area (Å²) in [4.78, 5) is 10.4. The van der Waals surface area contributed by atoms with Crippen LogP contribution >= 0.6 is 11.6 Å². The highest BCUT2D eigenvalue weighted by atomic mass is 35.5. The van der Waals surface area contributed by atoms with Crippen LogP contribution < -0.4 is 0 Å². The lowest BCUT2D eigenvalue weighted by Crippen LogP contribution is -2.03. The summed E-state index contributed by atoms with van der Waals surface area (Å²) < 4.78 is 0. The third kappa shape index (κ3) is 2.84. The van der Waals surface area contributed by atoms with Crippen molar-refractivity contribution in [3.05, 3.63) is 11.9 Å². The van der Waals surface area contributed by atoms with Crippen LogP contribution in [-0.2, 0) is 0 Å². The summed E-state index contributed by atoms with van der Waals surface area (Å²) in [6, 6.07) is 0. The molecule has 0 bridgehead atoms. The molecule has 0 aliphatic carbocycles. The second kappa shape index (κ2) is 4.42. The van der Waals surface area contributed by atoms with E-state index in [1.54, 1.807) is 0 Å². The number of nitrogens with zero attached hydrogens (tertiary/aromatic N) is 3. The largest absolute Gasteiger partial charge is 0.382 e. The van der Waals surface area contributed by atoms with Gasteiger partial charge >= 0.3 is 0 Å². The molecule has 3 nitrogen and oxygen atoms in total. The number of halogens is 1. The summed E-state index contributed by atoms with van der Waals surface area (Å²) in [5.41, 5.74) is 0.759. The molecule has 0 fully saturated rings. The number of hydrogen-bond acceptors (Lipinski definition) is 3. The molecule has 0 saturated heterocycles. The highest BCUT2D eigenvalue weighted by Gasteiger charge is 2.13. The van der Waals surface area contributed by atoms with E-state index in [-0.39, 0.29) is 0 Å². The molecule has 0 spiro atoms. The molecule has 0 aromatic carbocycles. The molecule has 0 saturated carbocycles. The van der Waals surface area contributed by atoms with Crippen LogP contribution in [-0.4, -0.2) is 30.0 Å². The molecule has 1 aliphatic rings. The molecular formula is C9H14ClN3. The van der Waals surface area contributed by atoms with Crippen LogP contribution in [0.3, 0.4) is 0 Å². The molecule has 0 atom stereocenters. The monoisotopic (exact) mass is 199 g/mol. The lowest BCUT2D eigenvalue weighted by atomic mass is 10.3. The fourth-order valence-electron chi connectivity index (χ4n) is 1.04.